The van der Waals surface area contributed by atoms with Crippen molar-refractivity contribution in [2.75, 3.05) is 6.54 Å². The van der Waals surface area contributed by atoms with Crippen LogP contribution in [0.25, 0.3) is 0 Å². The molecule has 0 spiro atoms. The Hall–Kier alpha value is -0.350. The van der Waals surface area contributed by atoms with Gasteiger partial charge in [0.15, 0.2) is 0 Å². The van der Waals surface area contributed by atoms with Crippen molar-refractivity contribution in [1.82, 2.24) is 5.32 Å². The molecule has 1 nitrogen and oxygen atoms in total. The van der Waals surface area contributed by atoms with E-state index in [1.54, 1.807) is 11.3 Å². The molecule has 1 N–H and O–H groups in total. The molecular weight excluding hydrogens is 270 g/mol. The van der Waals surface area contributed by atoms with Crippen LogP contribution in [0.5, 0.6) is 0 Å². The highest BCUT2D eigenvalue weighted by Crippen LogP contribution is 2.23. The van der Waals surface area contributed by atoms with Gasteiger partial charge in [-0.05, 0) is 43.0 Å². The van der Waals surface area contributed by atoms with Crippen molar-refractivity contribution >= 4 is 34.3 Å². The van der Waals surface area contributed by atoms with Crippen LogP contribution in [-0.4, -0.2) is 12.6 Å². The monoisotopic (exact) mass is 285 g/mol. The molecule has 0 aliphatic heterocycles. The molecule has 2 aromatic rings. The van der Waals surface area contributed by atoms with Crippen molar-refractivity contribution < 1.29 is 0 Å². The quantitative estimate of drug-likeness (QED) is 0.838. The van der Waals surface area contributed by atoms with Crippen LogP contribution in [0.15, 0.2) is 29.6 Å². The Morgan fingerprint density at radius 2 is 2.06 bits per heavy atom. The van der Waals surface area contributed by atoms with Gasteiger partial charge in [-0.2, -0.15) is 0 Å². The fraction of sp³-hybridized carbons (Fsp3) is 0.385. The lowest BCUT2D eigenvalue weighted by Crippen LogP contribution is -2.32. The summed E-state index contributed by atoms with van der Waals surface area (Å²) < 4.78 is 0.881. The second kappa shape index (κ2) is 6.55. The Bertz CT molecular complexity index is 436. The summed E-state index contributed by atoms with van der Waals surface area (Å²) in [6.45, 7) is 3.16. The van der Waals surface area contributed by atoms with Gasteiger partial charge in [0.25, 0.3) is 0 Å². The molecule has 4 heteroatoms. The van der Waals surface area contributed by atoms with Crippen molar-refractivity contribution in [1.29, 1.82) is 0 Å². The summed E-state index contributed by atoms with van der Waals surface area (Å²) in [7, 11) is 0. The van der Waals surface area contributed by atoms with Crippen molar-refractivity contribution in [2.24, 2.45) is 0 Å². The summed E-state index contributed by atoms with van der Waals surface area (Å²) in [6, 6.07) is 8.94. The zero-order valence-electron chi connectivity index (χ0n) is 9.78. The summed E-state index contributed by atoms with van der Waals surface area (Å²) >= 11 is 9.48. The maximum absolute atomic E-state index is 5.96. The van der Waals surface area contributed by atoms with Crippen LogP contribution in [0.2, 0.25) is 4.34 Å². The first-order valence-electron chi connectivity index (χ1n) is 5.78. The molecule has 1 unspecified atom stereocenters. The van der Waals surface area contributed by atoms with Crippen LogP contribution >= 0.6 is 34.3 Å². The number of nitrogens with one attached hydrogen (secondary N) is 1. The number of hydrogen-bond acceptors (Lipinski definition) is 3. The van der Waals surface area contributed by atoms with E-state index < -0.39 is 0 Å². The zero-order chi connectivity index (χ0) is 12.1. The highest BCUT2D eigenvalue weighted by atomic mass is 35.5. The average Bonchev–Trinajstić information content (AvgIpc) is 2.91. The fourth-order valence-electron chi connectivity index (χ4n) is 1.88. The van der Waals surface area contributed by atoms with Crippen LogP contribution in [-0.2, 0) is 12.8 Å². The first kappa shape index (κ1) is 13.1. The first-order chi connectivity index (χ1) is 8.28. The van der Waals surface area contributed by atoms with E-state index in [0.717, 1.165) is 23.7 Å². The minimum absolute atomic E-state index is 0.508. The first-order valence-corrected chi connectivity index (χ1v) is 7.85. The Labute approximate surface area is 115 Å². The molecule has 17 heavy (non-hydrogen) atoms. The number of likely N-dealkylation sites (N-methyl/N-ethyl adjacent to an activating group) is 1. The van der Waals surface area contributed by atoms with Crippen molar-refractivity contribution in [3.05, 3.63) is 43.7 Å². The lowest BCUT2D eigenvalue weighted by Gasteiger charge is -2.16. The molecule has 0 saturated carbocycles. The highest BCUT2D eigenvalue weighted by Gasteiger charge is 2.11. The standard InChI is InChI=1S/C13H16ClNS2/c1-2-15-10(8-11-4-3-7-16-11)9-12-5-6-13(14)17-12/h3-7,10,15H,2,8-9H2,1H3. The van der Waals surface area contributed by atoms with E-state index in [9.17, 15) is 0 Å². The van der Waals surface area contributed by atoms with Gasteiger partial charge in [0.2, 0.25) is 0 Å². The van der Waals surface area contributed by atoms with Gasteiger partial charge in [0, 0.05) is 15.8 Å². The Balaban J connectivity index is 1.97. The van der Waals surface area contributed by atoms with Gasteiger partial charge in [0.05, 0.1) is 4.34 Å². The Morgan fingerprint density at radius 3 is 2.65 bits per heavy atom. The highest BCUT2D eigenvalue weighted by molar-refractivity contribution is 7.16. The average molecular weight is 286 g/mol. The molecule has 1 atom stereocenters. The molecule has 2 aromatic heterocycles. The third-order valence-electron chi connectivity index (χ3n) is 2.60. The summed E-state index contributed by atoms with van der Waals surface area (Å²) in [4.78, 5) is 2.80. The predicted octanol–water partition coefficient (Wildman–Crippen LogP) is 4.23. The van der Waals surface area contributed by atoms with E-state index in [0.29, 0.717) is 6.04 Å². The molecule has 0 fully saturated rings. The van der Waals surface area contributed by atoms with Gasteiger partial charge in [-0.15, -0.1) is 22.7 Å². The van der Waals surface area contributed by atoms with Crippen molar-refractivity contribution in [3.8, 4) is 0 Å². The van der Waals surface area contributed by atoms with E-state index in [4.69, 9.17) is 11.6 Å². The van der Waals surface area contributed by atoms with Crippen molar-refractivity contribution in [3.63, 3.8) is 0 Å². The minimum Gasteiger partial charge on any atom is -0.314 e. The van der Waals surface area contributed by atoms with Crippen LogP contribution in [0.1, 0.15) is 16.7 Å². The lowest BCUT2D eigenvalue weighted by atomic mass is 10.1. The number of hydrogen-bond donors (Lipinski definition) is 1. The fourth-order valence-corrected chi connectivity index (χ4v) is 3.83. The Kier molecular flexibility index (Phi) is 5.04. The molecule has 0 aliphatic rings. The largest absolute Gasteiger partial charge is 0.314 e. The molecule has 0 aliphatic carbocycles. The normalized spacial score (nSPS) is 12.8. The third-order valence-corrected chi connectivity index (χ3v) is 4.75. The smallest absolute Gasteiger partial charge is 0.0931 e. The Morgan fingerprint density at radius 1 is 1.24 bits per heavy atom. The molecule has 2 heterocycles. The van der Waals surface area contributed by atoms with Crippen LogP contribution in [0.4, 0.5) is 0 Å². The number of halogens is 1. The second-order valence-corrected chi connectivity index (χ2v) is 6.78. The van der Waals surface area contributed by atoms with Crippen LogP contribution in [0.3, 0.4) is 0 Å². The van der Waals surface area contributed by atoms with Crippen LogP contribution < -0.4 is 5.32 Å². The predicted molar refractivity (Wildman–Crippen MR) is 78.5 cm³/mol. The summed E-state index contributed by atoms with van der Waals surface area (Å²) in [5.74, 6) is 0. The van der Waals surface area contributed by atoms with Gasteiger partial charge in [-0.3, -0.25) is 0 Å². The summed E-state index contributed by atoms with van der Waals surface area (Å²) in [5, 5.41) is 5.69. The molecule has 0 radical (unpaired) electrons. The van der Waals surface area contributed by atoms with Gasteiger partial charge < -0.3 is 5.32 Å². The number of rotatable bonds is 6. The molecule has 92 valence electrons. The van der Waals surface area contributed by atoms with E-state index in [2.05, 4.69) is 35.8 Å². The summed E-state index contributed by atoms with van der Waals surface area (Å²) in [6.07, 6.45) is 2.16. The minimum atomic E-state index is 0.508. The molecule has 0 saturated heterocycles. The maximum Gasteiger partial charge on any atom is 0.0931 e. The van der Waals surface area contributed by atoms with Crippen LogP contribution in [0, 0.1) is 0 Å². The van der Waals surface area contributed by atoms with Gasteiger partial charge in [0.1, 0.15) is 0 Å². The maximum atomic E-state index is 5.96. The van der Waals surface area contributed by atoms with Gasteiger partial charge in [-0.1, -0.05) is 24.6 Å². The van der Waals surface area contributed by atoms with Crippen molar-refractivity contribution in [2.45, 2.75) is 25.8 Å². The van der Waals surface area contributed by atoms with Gasteiger partial charge in [-0.25, -0.2) is 0 Å². The van der Waals surface area contributed by atoms with E-state index >= 15 is 0 Å². The van der Waals surface area contributed by atoms with E-state index in [-0.39, 0.29) is 0 Å². The molecular formula is C13H16ClNS2. The lowest BCUT2D eigenvalue weighted by molar-refractivity contribution is 0.527. The van der Waals surface area contributed by atoms with E-state index in [1.807, 2.05) is 17.4 Å². The van der Waals surface area contributed by atoms with Gasteiger partial charge >= 0.3 is 0 Å². The number of thiophene rings is 2. The molecule has 0 aromatic carbocycles. The van der Waals surface area contributed by atoms with E-state index in [1.165, 1.54) is 9.75 Å². The molecule has 2 rings (SSSR count). The molecule has 0 amide bonds. The second-order valence-electron chi connectivity index (χ2n) is 3.95. The summed E-state index contributed by atoms with van der Waals surface area (Å²) in [5.41, 5.74) is 0. The topological polar surface area (TPSA) is 12.0 Å². The SMILES string of the molecule is CCNC(Cc1cccs1)Cc1ccc(Cl)s1. The zero-order valence-corrected chi connectivity index (χ0v) is 12.2. The third kappa shape index (κ3) is 4.11. The molecule has 0 bridgehead atoms.